The Morgan fingerprint density at radius 1 is 1.07 bits per heavy atom. The van der Waals surface area contributed by atoms with Crippen molar-refractivity contribution in [2.45, 2.75) is 20.5 Å². The number of aromatic nitrogens is 3. The first-order valence-electron chi connectivity index (χ1n) is 8.78. The van der Waals surface area contributed by atoms with Gasteiger partial charge in [-0.1, -0.05) is 12.6 Å². The normalized spacial score (nSPS) is 11.4. The molecule has 0 aliphatic rings. The maximum atomic E-state index is 11.9. The van der Waals surface area contributed by atoms with Crippen molar-refractivity contribution in [2.24, 2.45) is 0 Å². The minimum atomic E-state index is -0.465. The SMILES string of the molecule is C=C(C)C(=O)OCc1ccc(O)c(-n2n3c4ccc(C(=O)OCC)cc4n23)c1. The molecule has 1 N–H and O–H groups in total. The van der Waals surface area contributed by atoms with Gasteiger partial charge in [0.1, 0.15) is 29.1 Å². The highest BCUT2D eigenvalue weighted by Gasteiger charge is 2.27. The highest BCUT2D eigenvalue weighted by molar-refractivity contribution is 5.94. The Balaban J connectivity index is 1.64. The number of esters is 2. The fourth-order valence-corrected chi connectivity index (χ4v) is 2.98. The van der Waals surface area contributed by atoms with Crippen molar-refractivity contribution in [3.63, 3.8) is 0 Å². The lowest BCUT2D eigenvalue weighted by atomic mass is 10.2. The second-order valence-electron chi connectivity index (χ2n) is 6.47. The molecule has 2 heterocycles. The molecule has 0 bridgehead atoms. The van der Waals surface area contributed by atoms with Gasteiger partial charge in [0.15, 0.2) is 0 Å². The molecule has 2 aromatic heterocycles. The van der Waals surface area contributed by atoms with Gasteiger partial charge in [-0.05, 0) is 49.7 Å². The molecule has 0 fully saturated rings. The van der Waals surface area contributed by atoms with Gasteiger partial charge in [-0.3, -0.25) is 0 Å². The molecule has 0 saturated heterocycles. The fraction of sp³-hybridized carbons (Fsp3) is 0.200. The summed E-state index contributed by atoms with van der Waals surface area (Å²) in [6.07, 6.45) is 0. The van der Waals surface area contributed by atoms with Crippen LogP contribution in [0.1, 0.15) is 29.8 Å². The number of carbonyl (C=O) groups is 2. The van der Waals surface area contributed by atoms with Gasteiger partial charge in [-0.15, -0.1) is 14.1 Å². The first-order chi connectivity index (χ1) is 13.4. The molecule has 0 aliphatic carbocycles. The highest BCUT2D eigenvalue weighted by atomic mass is 16.5. The molecule has 144 valence electrons. The molecule has 8 heteroatoms. The van der Waals surface area contributed by atoms with Gasteiger partial charge in [0.05, 0.1) is 12.2 Å². The van der Waals surface area contributed by atoms with Gasteiger partial charge >= 0.3 is 11.9 Å². The molecule has 0 unspecified atom stereocenters. The summed E-state index contributed by atoms with van der Waals surface area (Å²) in [5.41, 5.74) is 3.81. The number of hydrogen-bond donors (Lipinski definition) is 1. The van der Waals surface area contributed by atoms with Crippen LogP contribution in [0.3, 0.4) is 0 Å². The molecule has 0 saturated carbocycles. The number of aromatic hydroxyl groups is 1. The number of hydrogen-bond acceptors (Lipinski definition) is 5. The van der Waals surface area contributed by atoms with Gasteiger partial charge in [0, 0.05) is 5.57 Å². The third-order valence-corrected chi connectivity index (χ3v) is 4.40. The van der Waals surface area contributed by atoms with Crippen molar-refractivity contribution in [1.82, 2.24) is 14.1 Å². The van der Waals surface area contributed by atoms with Crippen molar-refractivity contribution in [2.75, 3.05) is 6.61 Å². The van der Waals surface area contributed by atoms with Gasteiger partial charge in [0.2, 0.25) is 0 Å². The zero-order chi connectivity index (χ0) is 20.0. The van der Waals surface area contributed by atoms with Gasteiger partial charge in [-0.25, -0.2) is 9.59 Å². The molecular formula is C20H19N3O5. The van der Waals surface area contributed by atoms with Crippen LogP contribution in [0.4, 0.5) is 0 Å². The Kier molecular flexibility index (Phi) is 4.11. The predicted molar refractivity (Wildman–Crippen MR) is 101 cm³/mol. The average Bonchev–Trinajstić information content (AvgIpc) is 3.33. The third-order valence-electron chi connectivity index (χ3n) is 4.40. The molecule has 0 radical (unpaired) electrons. The van der Waals surface area contributed by atoms with Gasteiger partial charge in [-0.2, -0.15) is 0 Å². The molecule has 2 aromatic carbocycles. The van der Waals surface area contributed by atoms with Gasteiger partial charge < -0.3 is 14.6 Å². The Labute approximate surface area is 160 Å². The Morgan fingerprint density at radius 3 is 2.54 bits per heavy atom. The minimum Gasteiger partial charge on any atom is -0.506 e. The number of phenolic OH excluding ortho intramolecular Hbond substituents is 1. The van der Waals surface area contributed by atoms with Crippen LogP contribution in [0.15, 0.2) is 48.6 Å². The second-order valence-corrected chi connectivity index (χ2v) is 6.47. The molecule has 0 spiro atoms. The van der Waals surface area contributed by atoms with E-state index in [1.54, 1.807) is 49.0 Å². The van der Waals surface area contributed by atoms with Crippen molar-refractivity contribution in [1.29, 1.82) is 0 Å². The smallest absolute Gasteiger partial charge is 0.338 e. The van der Waals surface area contributed by atoms with E-state index in [0.29, 0.717) is 23.4 Å². The van der Waals surface area contributed by atoms with Crippen LogP contribution in [-0.2, 0) is 20.9 Å². The van der Waals surface area contributed by atoms with Gasteiger partial charge in [0.25, 0.3) is 0 Å². The molecule has 8 nitrogen and oxygen atoms in total. The van der Waals surface area contributed by atoms with Crippen molar-refractivity contribution >= 4 is 23.0 Å². The van der Waals surface area contributed by atoms with E-state index < -0.39 is 5.97 Å². The van der Waals surface area contributed by atoms with Crippen LogP contribution in [0.2, 0.25) is 0 Å². The minimum absolute atomic E-state index is 0.0762. The summed E-state index contributed by atoms with van der Waals surface area (Å²) in [5, 5.41) is 10.3. The first-order valence-corrected chi connectivity index (χ1v) is 8.78. The van der Waals surface area contributed by atoms with Crippen LogP contribution in [0.25, 0.3) is 16.7 Å². The Morgan fingerprint density at radius 2 is 1.82 bits per heavy atom. The maximum Gasteiger partial charge on any atom is 0.338 e. The zero-order valence-electron chi connectivity index (χ0n) is 15.5. The van der Waals surface area contributed by atoms with E-state index in [4.69, 9.17) is 9.47 Å². The summed E-state index contributed by atoms with van der Waals surface area (Å²) in [5.74, 6) is -0.755. The highest BCUT2D eigenvalue weighted by Crippen LogP contribution is 2.31. The number of phenols is 1. The van der Waals surface area contributed by atoms with E-state index in [2.05, 4.69) is 6.58 Å². The van der Waals surface area contributed by atoms with E-state index in [9.17, 15) is 14.7 Å². The average molecular weight is 381 g/mol. The fourth-order valence-electron chi connectivity index (χ4n) is 2.98. The summed E-state index contributed by atoms with van der Waals surface area (Å²) >= 11 is 0. The van der Waals surface area contributed by atoms with Crippen LogP contribution < -0.4 is 0 Å². The molecule has 28 heavy (non-hydrogen) atoms. The molecule has 4 aromatic rings. The van der Waals surface area contributed by atoms with E-state index in [1.807, 2.05) is 15.3 Å². The summed E-state index contributed by atoms with van der Waals surface area (Å²) in [6.45, 7) is 7.28. The van der Waals surface area contributed by atoms with E-state index in [-0.39, 0.29) is 18.3 Å². The van der Waals surface area contributed by atoms with Crippen molar-refractivity contribution in [3.8, 4) is 11.4 Å². The number of rotatable bonds is 6. The molecule has 0 aliphatic heterocycles. The number of carbonyl (C=O) groups excluding carboxylic acids is 2. The largest absolute Gasteiger partial charge is 0.506 e. The monoisotopic (exact) mass is 381 g/mol. The van der Waals surface area contributed by atoms with Crippen LogP contribution in [-0.4, -0.2) is 37.7 Å². The molecular weight excluding hydrogens is 362 g/mol. The predicted octanol–water partition coefficient (Wildman–Crippen LogP) is 2.92. The topological polar surface area (TPSA) is 86.6 Å². The number of benzene rings is 2. The second kappa shape index (κ2) is 6.49. The summed E-state index contributed by atoms with van der Waals surface area (Å²) in [7, 11) is 0. The molecule has 0 atom stereocenters. The summed E-state index contributed by atoms with van der Waals surface area (Å²) in [4.78, 5) is 25.3. The lowest BCUT2D eigenvalue weighted by Crippen LogP contribution is -2.05. The summed E-state index contributed by atoms with van der Waals surface area (Å²) < 4.78 is 13.9. The van der Waals surface area contributed by atoms with Crippen molar-refractivity contribution in [3.05, 3.63) is 59.7 Å². The van der Waals surface area contributed by atoms with Crippen LogP contribution in [0, 0.1) is 0 Å². The quantitative estimate of drug-likeness (QED) is 0.410. The van der Waals surface area contributed by atoms with E-state index >= 15 is 0 Å². The molecule has 0 amide bonds. The standard InChI is InChI=1S/C20H19N3O5/c1-4-27-20(26)14-6-7-15-16(10-14)22-21(15)23(22)17-9-13(5-8-18(17)24)11-28-19(25)12(2)3/h5-10,24H,2,4,11H2,1,3H3. The lowest BCUT2D eigenvalue weighted by molar-refractivity contribution is -0.140. The Hall–Kier alpha value is -3.68. The zero-order valence-corrected chi connectivity index (χ0v) is 15.5. The first kappa shape index (κ1) is 17.7. The van der Waals surface area contributed by atoms with E-state index in [1.165, 1.54) is 0 Å². The van der Waals surface area contributed by atoms with Crippen molar-refractivity contribution < 1.29 is 24.2 Å². The number of fused-ring (bicyclic) bond motifs is 4. The molecule has 4 rings (SSSR count). The van der Waals surface area contributed by atoms with E-state index in [0.717, 1.165) is 16.6 Å². The lowest BCUT2D eigenvalue weighted by Gasteiger charge is -2.06. The number of ether oxygens (including phenoxy) is 2. The Bertz CT molecular complexity index is 1210. The van der Waals surface area contributed by atoms with Crippen LogP contribution >= 0.6 is 0 Å². The van der Waals surface area contributed by atoms with Crippen LogP contribution in [0.5, 0.6) is 5.75 Å². The summed E-state index contributed by atoms with van der Waals surface area (Å²) in [6, 6.07) is 10.3. The third kappa shape index (κ3) is 2.79. The maximum absolute atomic E-state index is 11.9. The number of nitrogens with zero attached hydrogens (tertiary/aromatic N) is 3.